The summed E-state index contributed by atoms with van der Waals surface area (Å²) in [7, 11) is 0. The highest BCUT2D eigenvalue weighted by Crippen LogP contribution is 2.10. The van der Waals surface area contributed by atoms with E-state index in [1.165, 1.54) is 30.5 Å². The summed E-state index contributed by atoms with van der Waals surface area (Å²) < 4.78 is 12.9. The lowest BCUT2D eigenvalue weighted by Gasteiger charge is -2.04. The van der Waals surface area contributed by atoms with Gasteiger partial charge in [-0.25, -0.2) is 9.82 Å². The van der Waals surface area contributed by atoms with Crippen LogP contribution in [-0.2, 0) is 4.79 Å². The Kier molecular flexibility index (Phi) is 5.82. The maximum atomic E-state index is 12.9. The second-order valence-electron chi connectivity index (χ2n) is 4.54. The van der Waals surface area contributed by atoms with Crippen LogP contribution in [0.25, 0.3) is 0 Å². The highest BCUT2D eigenvalue weighted by atomic mass is 35.5. The van der Waals surface area contributed by atoms with Crippen molar-refractivity contribution in [2.24, 2.45) is 5.10 Å². The molecule has 0 aliphatic carbocycles. The number of nitrogens with one attached hydrogen (secondary N) is 2. The second-order valence-corrected chi connectivity index (χ2v) is 4.98. The Bertz CT molecular complexity index is 750. The Hall–Kier alpha value is -2.73. The molecule has 0 aromatic heterocycles. The number of carbonyl (C=O) groups is 2. The number of carbonyl (C=O) groups excluding carboxylic acids is 2. The molecule has 0 unspecified atom stereocenters. The molecule has 2 aromatic carbocycles. The van der Waals surface area contributed by atoms with Crippen LogP contribution in [0.4, 0.5) is 4.39 Å². The molecular weight excluding hydrogens is 321 g/mol. The van der Waals surface area contributed by atoms with E-state index in [2.05, 4.69) is 15.8 Å². The number of nitrogens with zero attached hydrogens (tertiary/aromatic N) is 1. The van der Waals surface area contributed by atoms with Crippen molar-refractivity contribution in [2.45, 2.75) is 0 Å². The fourth-order valence-electron chi connectivity index (χ4n) is 1.70. The molecule has 7 heteroatoms. The lowest BCUT2D eigenvalue weighted by Crippen LogP contribution is -2.34. The normalized spacial score (nSPS) is 10.5. The van der Waals surface area contributed by atoms with Crippen LogP contribution in [0, 0.1) is 5.82 Å². The van der Waals surface area contributed by atoms with Gasteiger partial charge >= 0.3 is 0 Å². The summed E-state index contributed by atoms with van der Waals surface area (Å²) in [5.74, 6) is -1.32. The van der Waals surface area contributed by atoms with Crippen molar-refractivity contribution in [2.75, 3.05) is 6.54 Å². The fourth-order valence-corrected chi connectivity index (χ4v) is 1.89. The first kappa shape index (κ1) is 16.6. The van der Waals surface area contributed by atoms with Gasteiger partial charge < -0.3 is 5.32 Å². The summed E-state index contributed by atoms with van der Waals surface area (Å²) in [6.07, 6.45) is 1.31. The Morgan fingerprint density at radius 1 is 1.17 bits per heavy atom. The van der Waals surface area contributed by atoms with Crippen molar-refractivity contribution in [3.63, 3.8) is 0 Å². The first-order chi connectivity index (χ1) is 11.0. The molecule has 118 valence electrons. The topological polar surface area (TPSA) is 70.6 Å². The largest absolute Gasteiger partial charge is 0.343 e. The average molecular weight is 334 g/mol. The van der Waals surface area contributed by atoms with Gasteiger partial charge in [-0.2, -0.15) is 5.10 Å². The standard InChI is InChI=1S/C16H13ClFN3O2/c17-13-5-2-4-12(8-13)16(23)19-10-15(22)21-20-9-11-3-1-6-14(18)7-11/h1-9H,10H2,(H,19,23)(H,21,22)/b20-9-. The van der Waals surface area contributed by atoms with Crippen molar-refractivity contribution < 1.29 is 14.0 Å². The van der Waals surface area contributed by atoms with Gasteiger partial charge in [0.2, 0.25) is 0 Å². The van der Waals surface area contributed by atoms with Crippen LogP contribution in [-0.4, -0.2) is 24.6 Å². The van der Waals surface area contributed by atoms with Crippen LogP contribution in [0.1, 0.15) is 15.9 Å². The summed E-state index contributed by atoms with van der Waals surface area (Å²) in [4.78, 5) is 23.4. The molecule has 23 heavy (non-hydrogen) atoms. The van der Waals surface area contributed by atoms with E-state index in [0.717, 1.165) is 0 Å². The molecule has 0 saturated heterocycles. The number of hydrazone groups is 1. The molecule has 0 bridgehead atoms. The highest BCUT2D eigenvalue weighted by Gasteiger charge is 2.07. The van der Waals surface area contributed by atoms with E-state index in [9.17, 15) is 14.0 Å². The Labute approximate surface area is 137 Å². The van der Waals surface area contributed by atoms with Gasteiger partial charge in [-0.15, -0.1) is 0 Å². The minimum absolute atomic E-state index is 0.244. The first-order valence-corrected chi connectivity index (χ1v) is 7.03. The maximum Gasteiger partial charge on any atom is 0.259 e. The third-order valence-electron chi connectivity index (χ3n) is 2.75. The van der Waals surface area contributed by atoms with Gasteiger partial charge in [0.25, 0.3) is 11.8 Å². The highest BCUT2D eigenvalue weighted by molar-refractivity contribution is 6.30. The molecule has 0 heterocycles. The van der Waals surface area contributed by atoms with Crippen LogP contribution in [0.5, 0.6) is 0 Å². The fraction of sp³-hybridized carbons (Fsp3) is 0.0625. The molecule has 0 radical (unpaired) electrons. The summed E-state index contributed by atoms with van der Waals surface area (Å²) in [6.45, 7) is -0.244. The Balaban J connectivity index is 1.80. The van der Waals surface area contributed by atoms with Crippen LogP contribution in [0.15, 0.2) is 53.6 Å². The number of hydrogen-bond acceptors (Lipinski definition) is 3. The number of amides is 2. The lowest BCUT2D eigenvalue weighted by molar-refractivity contribution is -0.120. The zero-order chi connectivity index (χ0) is 16.7. The third-order valence-corrected chi connectivity index (χ3v) is 2.98. The quantitative estimate of drug-likeness (QED) is 0.651. The van der Waals surface area contributed by atoms with Gasteiger partial charge in [0.05, 0.1) is 12.8 Å². The third kappa shape index (κ3) is 5.52. The minimum Gasteiger partial charge on any atom is -0.343 e. The van der Waals surface area contributed by atoms with Crippen LogP contribution < -0.4 is 10.7 Å². The lowest BCUT2D eigenvalue weighted by atomic mass is 10.2. The number of halogens is 2. The average Bonchev–Trinajstić information content (AvgIpc) is 2.52. The maximum absolute atomic E-state index is 12.9. The Morgan fingerprint density at radius 2 is 1.96 bits per heavy atom. The summed E-state index contributed by atoms with van der Waals surface area (Å²) in [6, 6.07) is 12.1. The van der Waals surface area contributed by atoms with Gasteiger partial charge in [0, 0.05) is 10.6 Å². The van der Waals surface area contributed by atoms with E-state index >= 15 is 0 Å². The second kappa shape index (κ2) is 8.05. The molecule has 0 aliphatic rings. The molecular formula is C16H13ClFN3O2. The number of hydrogen-bond donors (Lipinski definition) is 2. The zero-order valence-corrected chi connectivity index (χ0v) is 12.7. The first-order valence-electron chi connectivity index (χ1n) is 6.66. The monoisotopic (exact) mass is 333 g/mol. The van der Waals surface area contributed by atoms with E-state index in [1.807, 2.05) is 0 Å². The molecule has 2 aromatic rings. The molecule has 0 saturated carbocycles. The van der Waals surface area contributed by atoms with E-state index < -0.39 is 17.6 Å². The molecule has 2 amide bonds. The Morgan fingerprint density at radius 3 is 2.70 bits per heavy atom. The number of rotatable bonds is 5. The van der Waals surface area contributed by atoms with E-state index in [-0.39, 0.29) is 6.54 Å². The van der Waals surface area contributed by atoms with Crippen molar-refractivity contribution in [1.82, 2.24) is 10.7 Å². The van der Waals surface area contributed by atoms with Gasteiger partial charge in [0.15, 0.2) is 0 Å². The van der Waals surface area contributed by atoms with Crippen LogP contribution in [0.2, 0.25) is 5.02 Å². The molecule has 5 nitrogen and oxygen atoms in total. The van der Waals surface area contributed by atoms with E-state index in [0.29, 0.717) is 16.1 Å². The van der Waals surface area contributed by atoms with E-state index in [1.54, 1.807) is 24.3 Å². The predicted octanol–water partition coefficient (Wildman–Crippen LogP) is 2.36. The summed E-state index contributed by atoms with van der Waals surface area (Å²) >= 11 is 5.78. The van der Waals surface area contributed by atoms with Crippen LogP contribution >= 0.6 is 11.6 Å². The van der Waals surface area contributed by atoms with Gasteiger partial charge in [0.1, 0.15) is 5.82 Å². The molecule has 2 N–H and O–H groups in total. The summed E-state index contributed by atoms with van der Waals surface area (Å²) in [5, 5.41) is 6.56. The van der Waals surface area contributed by atoms with Crippen molar-refractivity contribution in [1.29, 1.82) is 0 Å². The van der Waals surface area contributed by atoms with Crippen LogP contribution in [0.3, 0.4) is 0 Å². The van der Waals surface area contributed by atoms with Gasteiger partial charge in [-0.05, 0) is 35.9 Å². The predicted molar refractivity (Wildman–Crippen MR) is 85.9 cm³/mol. The molecule has 0 fully saturated rings. The van der Waals surface area contributed by atoms with Crippen molar-refractivity contribution in [3.8, 4) is 0 Å². The van der Waals surface area contributed by atoms with Gasteiger partial charge in [-0.1, -0.05) is 29.8 Å². The SMILES string of the molecule is O=C(CNC(=O)c1cccc(Cl)c1)N/N=C\c1cccc(F)c1. The molecule has 0 spiro atoms. The molecule has 2 rings (SSSR count). The molecule has 0 atom stereocenters. The van der Waals surface area contributed by atoms with E-state index in [4.69, 9.17) is 11.6 Å². The van der Waals surface area contributed by atoms with Crippen molar-refractivity contribution >= 4 is 29.6 Å². The minimum atomic E-state index is -0.506. The smallest absolute Gasteiger partial charge is 0.259 e. The molecule has 0 aliphatic heterocycles. The number of benzene rings is 2. The van der Waals surface area contributed by atoms with Crippen molar-refractivity contribution in [3.05, 3.63) is 70.5 Å². The summed E-state index contributed by atoms with van der Waals surface area (Å²) in [5.41, 5.74) is 3.10. The van der Waals surface area contributed by atoms with Gasteiger partial charge in [-0.3, -0.25) is 9.59 Å². The zero-order valence-electron chi connectivity index (χ0n) is 11.9.